The summed E-state index contributed by atoms with van der Waals surface area (Å²) in [5.41, 5.74) is 0. The van der Waals surface area contributed by atoms with Gasteiger partial charge in [-0.3, -0.25) is 4.90 Å². The van der Waals surface area contributed by atoms with Gasteiger partial charge in [-0.15, -0.1) is 0 Å². The third kappa shape index (κ3) is 3.41. The number of piperidine rings is 1. The highest BCUT2D eigenvalue weighted by Crippen LogP contribution is 2.22. The summed E-state index contributed by atoms with van der Waals surface area (Å²) in [7, 11) is 0. The van der Waals surface area contributed by atoms with Crippen LogP contribution in [0.4, 0.5) is 0 Å². The fourth-order valence-electron chi connectivity index (χ4n) is 2.43. The number of hydrogen-bond acceptors (Lipinski definition) is 2. The molecule has 1 fully saturated rings. The van der Waals surface area contributed by atoms with Gasteiger partial charge in [0.25, 0.3) is 0 Å². The van der Waals surface area contributed by atoms with E-state index < -0.39 is 0 Å². The molecule has 0 radical (unpaired) electrons. The smallest absolute Gasteiger partial charge is 0.129 e. The molecule has 82 valence electrons. The summed E-state index contributed by atoms with van der Waals surface area (Å²) in [4.78, 5) is 13.4. The normalized spacial score (nSPS) is 29.1. The van der Waals surface area contributed by atoms with E-state index in [9.17, 15) is 4.79 Å². The van der Waals surface area contributed by atoms with Gasteiger partial charge in [-0.25, -0.2) is 0 Å². The first-order valence-corrected chi connectivity index (χ1v) is 5.86. The lowest BCUT2D eigenvalue weighted by atomic mass is 9.97. The van der Waals surface area contributed by atoms with E-state index in [-0.39, 0.29) is 0 Å². The topological polar surface area (TPSA) is 20.3 Å². The predicted octanol–water partition coefficient (Wildman–Crippen LogP) is 2.62. The Morgan fingerprint density at radius 3 is 2.36 bits per heavy atom. The number of Topliss-reactive ketones (excluding diaryl/α,β-unsaturated/α-hetero) is 1. The fourth-order valence-corrected chi connectivity index (χ4v) is 2.43. The molecule has 0 saturated carbocycles. The lowest BCUT2D eigenvalue weighted by molar-refractivity contribution is -0.117. The lowest BCUT2D eigenvalue weighted by Crippen LogP contribution is -2.44. The molecule has 1 aliphatic rings. The summed E-state index contributed by atoms with van der Waals surface area (Å²) in [5.74, 6) is 0.322. The first-order chi connectivity index (χ1) is 6.61. The zero-order valence-corrected chi connectivity index (χ0v) is 9.75. The molecule has 0 amide bonds. The van der Waals surface area contributed by atoms with Gasteiger partial charge in [0.2, 0.25) is 0 Å². The molecule has 0 N–H and O–H groups in total. The summed E-state index contributed by atoms with van der Waals surface area (Å²) in [6.45, 7) is 7.40. The van der Waals surface area contributed by atoms with Crippen molar-refractivity contribution in [1.29, 1.82) is 0 Å². The highest BCUT2D eigenvalue weighted by atomic mass is 16.1. The average molecular weight is 197 g/mol. The van der Waals surface area contributed by atoms with E-state index in [1.165, 1.54) is 19.3 Å². The Hall–Kier alpha value is -0.370. The van der Waals surface area contributed by atoms with E-state index in [0.717, 1.165) is 19.4 Å². The Morgan fingerprint density at radius 1 is 1.29 bits per heavy atom. The number of rotatable bonds is 4. The van der Waals surface area contributed by atoms with Crippen molar-refractivity contribution in [2.75, 3.05) is 6.54 Å². The van der Waals surface area contributed by atoms with Crippen LogP contribution in [0.2, 0.25) is 0 Å². The SMILES string of the molecule is CC(=O)CCCN1[C@H](C)CCC[C@@H]1C. The van der Waals surface area contributed by atoms with Crippen LogP contribution in [0.3, 0.4) is 0 Å². The van der Waals surface area contributed by atoms with Gasteiger partial charge < -0.3 is 4.79 Å². The molecule has 0 aromatic heterocycles. The van der Waals surface area contributed by atoms with Gasteiger partial charge >= 0.3 is 0 Å². The molecule has 1 rings (SSSR count). The Bertz CT molecular complexity index is 181. The standard InChI is InChI=1S/C12H23NO/c1-10-6-4-7-11(2)13(10)9-5-8-12(3)14/h10-11H,4-9H2,1-3H3/t10-,11+. The molecule has 14 heavy (non-hydrogen) atoms. The zero-order valence-electron chi connectivity index (χ0n) is 9.75. The van der Waals surface area contributed by atoms with Crippen LogP contribution in [-0.2, 0) is 4.79 Å². The third-order valence-electron chi connectivity index (χ3n) is 3.32. The van der Waals surface area contributed by atoms with Gasteiger partial charge in [0.1, 0.15) is 5.78 Å². The summed E-state index contributed by atoms with van der Waals surface area (Å²) in [5, 5.41) is 0. The number of likely N-dealkylation sites (tertiary alicyclic amines) is 1. The minimum Gasteiger partial charge on any atom is -0.300 e. The van der Waals surface area contributed by atoms with Crippen molar-refractivity contribution in [2.45, 2.75) is 65.0 Å². The van der Waals surface area contributed by atoms with E-state index in [1.54, 1.807) is 6.92 Å². The molecule has 1 aliphatic heterocycles. The number of nitrogens with zero attached hydrogens (tertiary/aromatic N) is 1. The van der Waals surface area contributed by atoms with Crippen LogP contribution < -0.4 is 0 Å². The maximum Gasteiger partial charge on any atom is 0.129 e. The van der Waals surface area contributed by atoms with E-state index in [4.69, 9.17) is 0 Å². The summed E-state index contributed by atoms with van der Waals surface area (Å²) in [6.07, 6.45) is 5.79. The largest absolute Gasteiger partial charge is 0.300 e. The van der Waals surface area contributed by atoms with Crippen molar-refractivity contribution >= 4 is 5.78 Å². The second kappa shape index (κ2) is 5.50. The minimum atomic E-state index is 0.322. The predicted molar refractivity (Wildman–Crippen MR) is 59.4 cm³/mol. The summed E-state index contributed by atoms with van der Waals surface area (Å²) >= 11 is 0. The van der Waals surface area contributed by atoms with E-state index >= 15 is 0 Å². The molecular formula is C12H23NO. The molecule has 0 spiro atoms. The second-order valence-electron chi connectivity index (χ2n) is 4.67. The van der Waals surface area contributed by atoms with Gasteiger partial charge in [-0.05, 0) is 46.6 Å². The van der Waals surface area contributed by atoms with Crippen LogP contribution in [0.15, 0.2) is 0 Å². The maximum absolute atomic E-state index is 10.8. The number of ketones is 1. The molecule has 0 aliphatic carbocycles. The summed E-state index contributed by atoms with van der Waals surface area (Å²) in [6, 6.07) is 1.43. The molecule has 1 heterocycles. The van der Waals surface area contributed by atoms with Gasteiger partial charge in [0.05, 0.1) is 0 Å². The summed E-state index contributed by atoms with van der Waals surface area (Å²) < 4.78 is 0. The second-order valence-corrected chi connectivity index (χ2v) is 4.67. The van der Waals surface area contributed by atoms with Crippen molar-refractivity contribution in [3.8, 4) is 0 Å². The number of carbonyl (C=O) groups excluding carboxylic acids is 1. The molecule has 2 nitrogen and oxygen atoms in total. The molecule has 0 aromatic carbocycles. The Labute approximate surface area is 87.7 Å². The quantitative estimate of drug-likeness (QED) is 0.690. The van der Waals surface area contributed by atoms with E-state index in [1.807, 2.05) is 0 Å². The fraction of sp³-hybridized carbons (Fsp3) is 0.917. The molecule has 0 bridgehead atoms. The van der Waals surface area contributed by atoms with Gasteiger partial charge in [-0.2, -0.15) is 0 Å². The van der Waals surface area contributed by atoms with Gasteiger partial charge in [-0.1, -0.05) is 6.42 Å². The van der Waals surface area contributed by atoms with Crippen LogP contribution >= 0.6 is 0 Å². The maximum atomic E-state index is 10.8. The first-order valence-electron chi connectivity index (χ1n) is 5.86. The van der Waals surface area contributed by atoms with Crippen molar-refractivity contribution < 1.29 is 4.79 Å². The van der Waals surface area contributed by atoms with Crippen molar-refractivity contribution in [3.63, 3.8) is 0 Å². The van der Waals surface area contributed by atoms with Gasteiger partial charge in [0, 0.05) is 18.5 Å². The molecule has 0 aromatic rings. The van der Waals surface area contributed by atoms with Crippen LogP contribution in [-0.4, -0.2) is 29.3 Å². The number of hydrogen-bond donors (Lipinski definition) is 0. The zero-order chi connectivity index (χ0) is 10.6. The average Bonchev–Trinajstić information content (AvgIpc) is 2.09. The Balaban J connectivity index is 2.29. The molecule has 2 heteroatoms. The monoisotopic (exact) mass is 197 g/mol. The van der Waals surface area contributed by atoms with Crippen molar-refractivity contribution in [1.82, 2.24) is 4.90 Å². The molecule has 2 atom stereocenters. The van der Waals surface area contributed by atoms with Crippen LogP contribution in [0.25, 0.3) is 0 Å². The highest BCUT2D eigenvalue weighted by molar-refractivity contribution is 5.75. The minimum absolute atomic E-state index is 0.322. The third-order valence-corrected chi connectivity index (χ3v) is 3.32. The number of carbonyl (C=O) groups is 1. The van der Waals surface area contributed by atoms with E-state index in [2.05, 4.69) is 18.7 Å². The van der Waals surface area contributed by atoms with E-state index in [0.29, 0.717) is 17.9 Å². The highest BCUT2D eigenvalue weighted by Gasteiger charge is 2.23. The molecule has 1 saturated heterocycles. The van der Waals surface area contributed by atoms with Crippen LogP contribution in [0, 0.1) is 0 Å². The Morgan fingerprint density at radius 2 is 1.86 bits per heavy atom. The van der Waals surface area contributed by atoms with Gasteiger partial charge in [0.15, 0.2) is 0 Å². The van der Waals surface area contributed by atoms with Crippen molar-refractivity contribution in [3.05, 3.63) is 0 Å². The van der Waals surface area contributed by atoms with Crippen LogP contribution in [0.5, 0.6) is 0 Å². The first kappa shape index (κ1) is 11.7. The van der Waals surface area contributed by atoms with Crippen molar-refractivity contribution in [2.24, 2.45) is 0 Å². The molecular weight excluding hydrogens is 174 g/mol. The van der Waals surface area contributed by atoms with Crippen LogP contribution in [0.1, 0.15) is 52.9 Å². The lowest BCUT2D eigenvalue weighted by Gasteiger charge is -2.39. The Kier molecular flexibility index (Phi) is 4.59. The molecule has 0 unspecified atom stereocenters.